The molecule has 1 N–H and O–H groups in total. The number of nitrogens with zero attached hydrogens (tertiary/aromatic N) is 3. The van der Waals surface area contributed by atoms with E-state index in [-0.39, 0.29) is 5.75 Å². The molecule has 3 aromatic rings. The second-order valence-electron chi connectivity index (χ2n) is 4.66. The molecule has 0 radical (unpaired) electrons. The smallest absolute Gasteiger partial charge is 0.206 e. The second kappa shape index (κ2) is 6.03. The summed E-state index contributed by atoms with van der Waals surface area (Å²) in [6.07, 6.45) is 1.70. The Balaban J connectivity index is 1.82. The third-order valence-corrected chi connectivity index (χ3v) is 4.25. The zero-order chi connectivity index (χ0) is 15.5. The molecule has 22 heavy (non-hydrogen) atoms. The summed E-state index contributed by atoms with van der Waals surface area (Å²) in [5, 5.41) is 16.5. The Labute approximate surface area is 132 Å². The Morgan fingerprint density at radius 3 is 2.86 bits per heavy atom. The largest absolute Gasteiger partial charge is 0.504 e. The first-order chi connectivity index (χ1) is 10.7. The summed E-state index contributed by atoms with van der Waals surface area (Å²) in [6, 6.07) is 13.1. The van der Waals surface area contributed by atoms with Gasteiger partial charge in [-0.1, -0.05) is 23.5 Å². The third-order valence-electron chi connectivity index (χ3n) is 3.14. The van der Waals surface area contributed by atoms with Crippen molar-refractivity contribution in [2.75, 3.05) is 19.2 Å². The minimum absolute atomic E-state index is 0.110. The molecule has 0 spiro atoms. The van der Waals surface area contributed by atoms with Gasteiger partial charge in [0.2, 0.25) is 5.13 Å². The number of hydrazone groups is 1. The van der Waals surface area contributed by atoms with Gasteiger partial charge in [0.1, 0.15) is 0 Å². The van der Waals surface area contributed by atoms with Gasteiger partial charge in [-0.25, -0.2) is 9.99 Å². The van der Waals surface area contributed by atoms with Crippen LogP contribution in [0.1, 0.15) is 5.56 Å². The molecule has 0 aliphatic carbocycles. The first-order valence-corrected chi connectivity index (χ1v) is 7.49. The number of hydrogen-bond acceptors (Lipinski definition) is 6. The van der Waals surface area contributed by atoms with Crippen LogP contribution in [0.25, 0.3) is 10.2 Å². The number of rotatable bonds is 4. The lowest BCUT2D eigenvalue weighted by Crippen LogP contribution is -2.08. The molecule has 1 heterocycles. The quantitative estimate of drug-likeness (QED) is 0.592. The predicted octanol–water partition coefficient (Wildman–Crippen LogP) is 3.48. The monoisotopic (exact) mass is 313 g/mol. The highest BCUT2D eigenvalue weighted by molar-refractivity contribution is 7.22. The third kappa shape index (κ3) is 2.87. The standard InChI is InChI=1S/C16H15N3O2S/c1-19(16-18-12-5-3-4-6-15(12)22-16)17-10-11-7-8-13(20)14(9-11)21-2/h3-10,20H,1-2H3/b17-10+. The van der Waals surface area contributed by atoms with Gasteiger partial charge >= 0.3 is 0 Å². The molecule has 0 fully saturated rings. The number of phenols is 1. The Kier molecular flexibility index (Phi) is 3.93. The molecule has 0 saturated heterocycles. The van der Waals surface area contributed by atoms with Crippen LogP contribution in [0.4, 0.5) is 5.13 Å². The molecule has 0 aliphatic rings. The van der Waals surface area contributed by atoms with Gasteiger partial charge in [-0.15, -0.1) is 0 Å². The predicted molar refractivity (Wildman–Crippen MR) is 90.3 cm³/mol. The highest BCUT2D eigenvalue weighted by Crippen LogP contribution is 2.28. The lowest BCUT2D eigenvalue weighted by molar-refractivity contribution is 0.373. The molecule has 2 aromatic carbocycles. The molecular formula is C16H15N3O2S. The van der Waals surface area contributed by atoms with Gasteiger partial charge in [0.05, 0.1) is 23.5 Å². The molecule has 0 aliphatic heterocycles. The fraction of sp³-hybridized carbons (Fsp3) is 0.125. The number of thiazole rings is 1. The number of aromatic hydroxyl groups is 1. The Bertz CT molecular complexity index is 796. The molecule has 0 unspecified atom stereocenters. The van der Waals surface area contributed by atoms with Crippen LogP contribution in [0.3, 0.4) is 0 Å². The second-order valence-corrected chi connectivity index (χ2v) is 5.67. The molecule has 0 bridgehead atoms. The van der Waals surface area contributed by atoms with Crippen molar-refractivity contribution >= 4 is 32.9 Å². The first-order valence-electron chi connectivity index (χ1n) is 6.67. The van der Waals surface area contributed by atoms with Crippen LogP contribution in [0.5, 0.6) is 11.5 Å². The van der Waals surface area contributed by atoms with Crippen LogP contribution in [-0.4, -0.2) is 30.5 Å². The molecule has 1 aromatic heterocycles. The van der Waals surface area contributed by atoms with Crippen LogP contribution in [-0.2, 0) is 0 Å². The van der Waals surface area contributed by atoms with E-state index in [1.54, 1.807) is 40.8 Å². The Hall–Kier alpha value is -2.60. The topological polar surface area (TPSA) is 58.0 Å². The van der Waals surface area contributed by atoms with Crippen molar-refractivity contribution in [3.8, 4) is 11.5 Å². The van der Waals surface area contributed by atoms with Gasteiger partial charge in [-0.3, -0.25) is 0 Å². The summed E-state index contributed by atoms with van der Waals surface area (Å²) in [5.41, 5.74) is 1.80. The fourth-order valence-electron chi connectivity index (χ4n) is 1.98. The van der Waals surface area contributed by atoms with Crippen LogP contribution >= 0.6 is 11.3 Å². The minimum atomic E-state index is 0.110. The van der Waals surface area contributed by atoms with E-state index in [1.165, 1.54) is 7.11 Å². The van der Waals surface area contributed by atoms with Crippen molar-refractivity contribution in [2.24, 2.45) is 5.10 Å². The Morgan fingerprint density at radius 1 is 1.27 bits per heavy atom. The van der Waals surface area contributed by atoms with Crippen molar-refractivity contribution in [1.29, 1.82) is 0 Å². The van der Waals surface area contributed by atoms with Crippen molar-refractivity contribution in [1.82, 2.24) is 4.98 Å². The summed E-state index contributed by atoms with van der Waals surface area (Å²) in [5.74, 6) is 0.533. The molecule has 0 amide bonds. The van der Waals surface area contributed by atoms with E-state index in [9.17, 15) is 5.11 Å². The maximum Gasteiger partial charge on any atom is 0.206 e. The highest BCUT2D eigenvalue weighted by atomic mass is 32.1. The van der Waals surface area contributed by atoms with E-state index < -0.39 is 0 Å². The molecule has 5 nitrogen and oxygen atoms in total. The number of aromatic nitrogens is 1. The van der Waals surface area contributed by atoms with E-state index >= 15 is 0 Å². The van der Waals surface area contributed by atoms with Crippen LogP contribution in [0, 0.1) is 0 Å². The number of anilines is 1. The number of benzene rings is 2. The molecule has 6 heteroatoms. The maximum atomic E-state index is 9.58. The van der Waals surface area contributed by atoms with E-state index in [2.05, 4.69) is 10.1 Å². The van der Waals surface area contributed by atoms with Crippen LogP contribution in [0.2, 0.25) is 0 Å². The van der Waals surface area contributed by atoms with Crippen molar-refractivity contribution in [3.05, 3.63) is 48.0 Å². The normalized spacial score (nSPS) is 11.2. The van der Waals surface area contributed by atoms with Crippen molar-refractivity contribution in [3.63, 3.8) is 0 Å². The SMILES string of the molecule is COc1cc(/C=N/N(C)c2nc3ccccc3s2)ccc1O. The molecule has 0 atom stereocenters. The van der Waals surface area contributed by atoms with E-state index in [0.717, 1.165) is 20.9 Å². The summed E-state index contributed by atoms with van der Waals surface area (Å²) >= 11 is 1.59. The van der Waals surface area contributed by atoms with Crippen LogP contribution in [0.15, 0.2) is 47.6 Å². The number of methoxy groups -OCH3 is 1. The zero-order valence-electron chi connectivity index (χ0n) is 12.2. The van der Waals surface area contributed by atoms with Gasteiger partial charge in [0.15, 0.2) is 11.5 Å². The van der Waals surface area contributed by atoms with Gasteiger partial charge in [-0.05, 0) is 35.9 Å². The van der Waals surface area contributed by atoms with Crippen molar-refractivity contribution < 1.29 is 9.84 Å². The number of hydrogen-bond donors (Lipinski definition) is 1. The number of fused-ring (bicyclic) bond motifs is 1. The lowest BCUT2D eigenvalue weighted by atomic mass is 10.2. The summed E-state index contributed by atoms with van der Waals surface area (Å²) < 4.78 is 6.21. The van der Waals surface area contributed by atoms with E-state index in [1.807, 2.05) is 31.3 Å². The molecule has 3 rings (SSSR count). The van der Waals surface area contributed by atoms with Gasteiger partial charge in [0.25, 0.3) is 0 Å². The number of phenolic OH excluding ortho intramolecular Hbond substituents is 1. The zero-order valence-corrected chi connectivity index (χ0v) is 13.0. The van der Waals surface area contributed by atoms with Gasteiger partial charge in [0, 0.05) is 7.05 Å². The first kappa shape index (κ1) is 14.3. The average molecular weight is 313 g/mol. The molecule has 0 saturated carbocycles. The molecular weight excluding hydrogens is 298 g/mol. The lowest BCUT2D eigenvalue weighted by Gasteiger charge is -2.08. The summed E-state index contributed by atoms with van der Waals surface area (Å²) in [6.45, 7) is 0. The minimum Gasteiger partial charge on any atom is -0.504 e. The van der Waals surface area contributed by atoms with Gasteiger partial charge in [-0.2, -0.15) is 5.10 Å². The van der Waals surface area contributed by atoms with Crippen LogP contribution < -0.4 is 9.75 Å². The van der Waals surface area contributed by atoms with E-state index in [4.69, 9.17) is 4.74 Å². The summed E-state index contributed by atoms with van der Waals surface area (Å²) in [7, 11) is 3.37. The van der Waals surface area contributed by atoms with Gasteiger partial charge < -0.3 is 9.84 Å². The van der Waals surface area contributed by atoms with Crippen molar-refractivity contribution in [2.45, 2.75) is 0 Å². The average Bonchev–Trinajstić information content (AvgIpc) is 2.98. The Morgan fingerprint density at radius 2 is 2.09 bits per heavy atom. The maximum absolute atomic E-state index is 9.58. The number of ether oxygens (including phenoxy) is 1. The highest BCUT2D eigenvalue weighted by Gasteiger charge is 2.07. The fourth-order valence-corrected chi connectivity index (χ4v) is 2.86. The number of para-hydroxylation sites is 1. The van der Waals surface area contributed by atoms with E-state index in [0.29, 0.717) is 5.75 Å². The molecule has 112 valence electrons. The summed E-state index contributed by atoms with van der Waals surface area (Å²) in [4.78, 5) is 4.54.